The van der Waals surface area contributed by atoms with Crippen LogP contribution in [0.2, 0.25) is 0 Å². The molecule has 0 fully saturated rings. The first-order valence-electron chi connectivity index (χ1n) is 9.94. The number of ether oxygens (including phenoxy) is 1. The Hall–Kier alpha value is -2.29. The first-order valence-corrected chi connectivity index (χ1v) is 9.94. The van der Waals surface area contributed by atoms with Crippen molar-refractivity contribution in [1.82, 2.24) is 10.6 Å². The Kier molecular flexibility index (Phi) is 11.2. The maximum Gasteiger partial charge on any atom is 0.248 e. The molecule has 0 heterocycles. The zero-order chi connectivity index (χ0) is 21.2. The number of nitrogens with one attached hydrogen (secondary N) is 2. The minimum absolute atomic E-state index is 0. The number of aliphatic imine (C=N–C) groups is 1. The summed E-state index contributed by atoms with van der Waals surface area (Å²) in [5.41, 5.74) is 9.08. The van der Waals surface area contributed by atoms with Gasteiger partial charge in [0.05, 0.1) is 6.61 Å². The Labute approximate surface area is 196 Å². The van der Waals surface area contributed by atoms with Crippen LogP contribution in [-0.4, -0.2) is 25.5 Å². The fourth-order valence-corrected chi connectivity index (χ4v) is 2.72. The summed E-state index contributed by atoms with van der Waals surface area (Å²) in [5.74, 6) is 1.79. The SMILES string of the molecule is CN=C(NCc1ccc(C(N)=O)cc1)NCc1ccc(C)cc1OCCC(C)C.I. The van der Waals surface area contributed by atoms with Gasteiger partial charge in [-0.2, -0.15) is 0 Å². The molecule has 0 unspecified atom stereocenters. The number of hydrogen-bond acceptors (Lipinski definition) is 3. The van der Waals surface area contributed by atoms with Crippen molar-refractivity contribution < 1.29 is 9.53 Å². The molecule has 0 spiro atoms. The Morgan fingerprint density at radius 3 is 2.37 bits per heavy atom. The lowest BCUT2D eigenvalue weighted by Gasteiger charge is -2.16. The number of nitrogens with zero attached hydrogens (tertiary/aromatic N) is 1. The van der Waals surface area contributed by atoms with Crippen molar-refractivity contribution in [3.05, 3.63) is 64.7 Å². The summed E-state index contributed by atoms with van der Waals surface area (Å²) in [7, 11) is 1.74. The zero-order valence-electron chi connectivity index (χ0n) is 18.2. The number of primary amides is 1. The molecule has 30 heavy (non-hydrogen) atoms. The third kappa shape index (κ3) is 8.61. The predicted octanol–water partition coefficient (Wildman–Crippen LogP) is 4.00. The molecule has 2 aromatic carbocycles. The van der Waals surface area contributed by atoms with E-state index >= 15 is 0 Å². The van der Waals surface area contributed by atoms with Crippen LogP contribution in [0.1, 0.15) is 47.3 Å². The molecule has 0 radical (unpaired) electrons. The highest BCUT2D eigenvalue weighted by atomic mass is 127. The molecule has 2 aromatic rings. The van der Waals surface area contributed by atoms with Crippen LogP contribution in [0.5, 0.6) is 5.75 Å². The summed E-state index contributed by atoms with van der Waals surface area (Å²) in [6, 6.07) is 13.5. The van der Waals surface area contributed by atoms with Gasteiger partial charge in [0, 0.05) is 31.3 Å². The Morgan fingerprint density at radius 1 is 1.10 bits per heavy atom. The smallest absolute Gasteiger partial charge is 0.248 e. The summed E-state index contributed by atoms with van der Waals surface area (Å²) in [4.78, 5) is 15.4. The van der Waals surface area contributed by atoms with Crippen LogP contribution in [0.3, 0.4) is 0 Å². The van der Waals surface area contributed by atoms with E-state index in [9.17, 15) is 4.79 Å². The van der Waals surface area contributed by atoms with Crippen LogP contribution >= 0.6 is 24.0 Å². The highest BCUT2D eigenvalue weighted by Crippen LogP contribution is 2.21. The van der Waals surface area contributed by atoms with E-state index < -0.39 is 5.91 Å². The second-order valence-corrected chi connectivity index (χ2v) is 7.48. The van der Waals surface area contributed by atoms with Crippen molar-refractivity contribution in [3.8, 4) is 5.75 Å². The van der Waals surface area contributed by atoms with E-state index in [1.165, 1.54) is 5.56 Å². The molecular weight excluding hydrogens is 491 g/mol. The molecule has 2 rings (SSSR count). The number of amides is 1. The first kappa shape index (κ1) is 25.7. The number of benzene rings is 2. The van der Waals surface area contributed by atoms with Crippen molar-refractivity contribution >= 4 is 35.8 Å². The average Bonchev–Trinajstić information content (AvgIpc) is 2.69. The number of halogens is 1. The number of carbonyl (C=O) groups excluding carboxylic acids is 1. The van der Waals surface area contributed by atoms with E-state index in [-0.39, 0.29) is 24.0 Å². The van der Waals surface area contributed by atoms with Crippen molar-refractivity contribution in [1.29, 1.82) is 0 Å². The van der Waals surface area contributed by atoms with Gasteiger partial charge in [0.2, 0.25) is 5.91 Å². The van der Waals surface area contributed by atoms with E-state index in [0.29, 0.717) is 37.1 Å². The molecule has 6 nitrogen and oxygen atoms in total. The molecule has 0 saturated heterocycles. The van der Waals surface area contributed by atoms with Gasteiger partial charge in [-0.15, -0.1) is 24.0 Å². The highest BCUT2D eigenvalue weighted by molar-refractivity contribution is 14.0. The van der Waals surface area contributed by atoms with E-state index in [1.54, 1.807) is 19.2 Å². The molecule has 0 atom stereocenters. The fourth-order valence-electron chi connectivity index (χ4n) is 2.72. The van der Waals surface area contributed by atoms with Gasteiger partial charge in [0.15, 0.2) is 5.96 Å². The van der Waals surface area contributed by atoms with E-state index in [2.05, 4.69) is 54.6 Å². The molecular formula is C23H33IN4O2. The summed E-state index contributed by atoms with van der Waals surface area (Å²) in [6.07, 6.45) is 1.03. The Balaban J connectivity index is 0.00000450. The lowest BCUT2D eigenvalue weighted by atomic mass is 10.1. The normalized spacial score (nSPS) is 11.0. The van der Waals surface area contributed by atoms with Crippen LogP contribution in [0.15, 0.2) is 47.5 Å². The van der Waals surface area contributed by atoms with Gasteiger partial charge in [-0.05, 0) is 48.6 Å². The van der Waals surface area contributed by atoms with Gasteiger partial charge in [0.25, 0.3) is 0 Å². The molecule has 0 saturated carbocycles. The molecule has 0 aliphatic rings. The third-order valence-corrected chi connectivity index (χ3v) is 4.54. The lowest BCUT2D eigenvalue weighted by molar-refractivity contribution is 0.100. The predicted molar refractivity (Wildman–Crippen MR) is 134 cm³/mol. The van der Waals surface area contributed by atoms with Gasteiger partial charge in [-0.1, -0.05) is 38.1 Å². The molecule has 1 amide bonds. The summed E-state index contributed by atoms with van der Waals surface area (Å²) < 4.78 is 6.02. The quantitative estimate of drug-likeness (QED) is 0.263. The number of carbonyl (C=O) groups is 1. The second kappa shape index (κ2) is 13.1. The lowest BCUT2D eigenvalue weighted by Crippen LogP contribution is -2.36. The summed E-state index contributed by atoms with van der Waals surface area (Å²) in [6.45, 7) is 8.36. The molecule has 0 aliphatic carbocycles. The minimum atomic E-state index is -0.425. The van der Waals surface area contributed by atoms with Gasteiger partial charge in [-0.25, -0.2) is 0 Å². The number of guanidine groups is 1. The van der Waals surface area contributed by atoms with Crippen LogP contribution in [0, 0.1) is 12.8 Å². The fraction of sp³-hybridized carbons (Fsp3) is 0.391. The van der Waals surface area contributed by atoms with Crippen LogP contribution in [0.4, 0.5) is 0 Å². The van der Waals surface area contributed by atoms with Crippen LogP contribution in [-0.2, 0) is 13.1 Å². The van der Waals surface area contributed by atoms with E-state index in [1.807, 2.05) is 12.1 Å². The van der Waals surface area contributed by atoms with Crippen molar-refractivity contribution in [2.45, 2.75) is 40.3 Å². The second-order valence-electron chi connectivity index (χ2n) is 7.48. The average molecular weight is 524 g/mol. The monoisotopic (exact) mass is 524 g/mol. The molecule has 4 N–H and O–H groups in total. The van der Waals surface area contributed by atoms with E-state index in [0.717, 1.165) is 23.3 Å². The van der Waals surface area contributed by atoms with Gasteiger partial charge >= 0.3 is 0 Å². The van der Waals surface area contributed by atoms with Gasteiger partial charge in [-0.3, -0.25) is 9.79 Å². The third-order valence-electron chi connectivity index (χ3n) is 4.54. The van der Waals surface area contributed by atoms with Crippen molar-refractivity contribution in [2.24, 2.45) is 16.6 Å². The summed E-state index contributed by atoms with van der Waals surface area (Å²) >= 11 is 0. The maximum absolute atomic E-state index is 11.2. The van der Waals surface area contributed by atoms with Gasteiger partial charge < -0.3 is 21.1 Å². The highest BCUT2D eigenvalue weighted by Gasteiger charge is 2.07. The standard InChI is InChI=1S/C23H32N4O2.HI/c1-16(2)11-12-29-21-13-17(3)5-8-20(21)15-27-23(25-4)26-14-18-6-9-19(10-7-18)22(24)28;/h5-10,13,16H,11-12,14-15H2,1-4H3,(H2,24,28)(H2,25,26,27);1H. The zero-order valence-corrected chi connectivity index (χ0v) is 20.5. The number of rotatable bonds is 9. The van der Waals surface area contributed by atoms with E-state index in [4.69, 9.17) is 10.5 Å². The molecule has 7 heteroatoms. The maximum atomic E-state index is 11.2. The largest absolute Gasteiger partial charge is 0.493 e. The molecule has 0 aliphatic heterocycles. The van der Waals surface area contributed by atoms with Crippen molar-refractivity contribution in [3.63, 3.8) is 0 Å². The van der Waals surface area contributed by atoms with Crippen molar-refractivity contribution in [2.75, 3.05) is 13.7 Å². The molecule has 164 valence electrons. The first-order chi connectivity index (χ1) is 13.9. The molecule has 0 aromatic heterocycles. The minimum Gasteiger partial charge on any atom is -0.493 e. The Bertz CT molecular complexity index is 836. The topological polar surface area (TPSA) is 88.7 Å². The Morgan fingerprint density at radius 2 is 1.77 bits per heavy atom. The van der Waals surface area contributed by atoms with Crippen LogP contribution < -0.4 is 21.1 Å². The number of hydrogen-bond donors (Lipinski definition) is 3. The van der Waals surface area contributed by atoms with Gasteiger partial charge in [0.1, 0.15) is 5.75 Å². The molecule has 0 bridgehead atoms. The number of aryl methyl sites for hydroxylation is 1. The summed E-state index contributed by atoms with van der Waals surface area (Å²) in [5, 5.41) is 6.60. The number of nitrogens with two attached hydrogens (primary N) is 1. The van der Waals surface area contributed by atoms with Crippen LogP contribution in [0.25, 0.3) is 0 Å².